The fourth-order valence-corrected chi connectivity index (χ4v) is 1.82. The van der Waals surface area contributed by atoms with Crippen LogP contribution in [0.15, 0.2) is 0 Å². The quantitative estimate of drug-likeness (QED) is 0.659. The lowest BCUT2D eigenvalue weighted by atomic mass is 9.98. The third-order valence-corrected chi connectivity index (χ3v) is 2.63. The van der Waals surface area contributed by atoms with Crippen molar-refractivity contribution >= 4 is 5.91 Å². The maximum absolute atomic E-state index is 11.4. The molecule has 0 aliphatic heterocycles. The number of likely N-dealkylation sites (N-methyl/N-ethyl adjacent to an activating group) is 1. The Morgan fingerprint density at radius 2 is 1.92 bits per heavy atom. The van der Waals surface area contributed by atoms with Crippen LogP contribution in [-0.2, 0) is 4.79 Å². The van der Waals surface area contributed by atoms with Crippen LogP contribution < -0.4 is 5.73 Å². The minimum absolute atomic E-state index is 0.0712. The number of hydrogen-bond acceptors (Lipinski definition) is 2. The lowest BCUT2D eigenvalue weighted by Crippen LogP contribution is -2.44. The highest BCUT2D eigenvalue weighted by Crippen LogP contribution is 2.27. The first-order valence-electron chi connectivity index (χ1n) is 4.59. The Kier molecular flexibility index (Phi) is 3.09. The molecule has 1 fully saturated rings. The van der Waals surface area contributed by atoms with Crippen molar-refractivity contribution < 1.29 is 4.79 Å². The van der Waals surface area contributed by atoms with Crippen LogP contribution in [0.5, 0.6) is 0 Å². The van der Waals surface area contributed by atoms with Crippen LogP contribution in [-0.4, -0.2) is 30.9 Å². The van der Waals surface area contributed by atoms with Gasteiger partial charge in [-0.15, -0.1) is 0 Å². The van der Waals surface area contributed by atoms with Crippen LogP contribution in [0.2, 0.25) is 0 Å². The van der Waals surface area contributed by atoms with Gasteiger partial charge in [-0.3, -0.25) is 4.79 Å². The van der Waals surface area contributed by atoms with Gasteiger partial charge in [0.2, 0.25) is 5.91 Å². The lowest BCUT2D eigenvalue weighted by Gasteiger charge is -2.21. The molecule has 12 heavy (non-hydrogen) atoms. The van der Waals surface area contributed by atoms with Crippen LogP contribution in [0.1, 0.15) is 25.7 Å². The Morgan fingerprint density at radius 3 is 2.33 bits per heavy atom. The molecule has 1 aliphatic carbocycles. The van der Waals surface area contributed by atoms with E-state index in [0.717, 1.165) is 12.8 Å². The highest BCUT2D eigenvalue weighted by Gasteiger charge is 2.27. The molecule has 1 unspecified atom stereocenters. The molecule has 0 radical (unpaired) electrons. The van der Waals surface area contributed by atoms with Gasteiger partial charge in [0.1, 0.15) is 0 Å². The maximum atomic E-state index is 11.4. The van der Waals surface area contributed by atoms with Gasteiger partial charge in [0, 0.05) is 14.1 Å². The lowest BCUT2D eigenvalue weighted by molar-refractivity contribution is -0.131. The third kappa shape index (κ3) is 1.97. The number of hydrogen-bond donors (Lipinski definition) is 1. The first-order chi connectivity index (χ1) is 5.63. The molecule has 0 aromatic rings. The van der Waals surface area contributed by atoms with Gasteiger partial charge in [-0.1, -0.05) is 12.8 Å². The van der Waals surface area contributed by atoms with Crippen LogP contribution in [0.25, 0.3) is 0 Å². The number of nitrogens with zero attached hydrogens (tertiary/aromatic N) is 1. The third-order valence-electron chi connectivity index (χ3n) is 2.63. The largest absolute Gasteiger partial charge is 0.347 e. The van der Waals surface area contributed by atoms with E-state index in [2.05, 4.69) is 0 Å². The van der Waals surface area contributed by atoms with Crippen molar-refractivity contribution in [3.8, 4) is 0 Å². The maximum Gasteiger partial charge on any atom is 0.239 e. The zero-order valence-electron chi connectivity index (χ0n) is 7.92. The molecule has 1 atom stereocenters. The monoisotopic (exact) mass is 170 g/mol. The number of nitrogens with two attached hydrogens (primary N) is 1. The first-order valence-corrected chi connectivity index (χ1v) is 4.59. The first kappa shape index (κ1) is 9.52. The summed E-state index contributed by atoms with van der Waals surface area (Å²) in [6.07, 6.45) is 4.72. The van der Waals surface area contributed by atoms with E-state index >= 15 is 0 Å². The fourth-order valence-electron chi connectivity index (χ4n) is 1.82. The summed E-state index contributed by atoms with van der Waals surface area (Å²) in [5.41, 5.74) is 5.83. The van der Waals surface area contributed by atoms with E-state index in [1.54, 1.807) is 19.0 Å². The summed E-state index contributed by atoms with van der Waals surface area (Å²) in [7, 11) is 3.52. The van der Waals surface area contributed by atoms with Gasteiger partial charge in [0.25, 0.3) is 0 Å². The second-order valence-corrected chi connectivity index (χ2v) is 3.80. The number of carbonyl (C=O) groups is 1. The number of amides is 1. The minimum Gasteiger partial charge on any atom is -0.347 e. The normalized spacial score (nSPS) is 20.9. The molecular weight excluding hydrogens is 152 g/mol. The molecule has 1 aliphatic rings. The SMILES string of the molecule is CN(C)C(=O)C(N)C1CCCC1. The molecule has 1 amide bonds. The fraction of sp³-hybridized carbons (Fsp3) is 0.889. The van der Waals surface area contributed by atoms with Crippen molar-refractivity contribution in [1.29, 1.82) is 0 Å². The summed E-state index contributed by atoms with van der Waals surface area (Å²) in [6.45, 7) is 0. The average Bonchev–Trinajstić information content (AvgIpc) is 2.53. The molecule has 0 heterocycles. The molecule has 0 aromatic carbocycles. The highest BCUT2D eigenvalue weighted by atomic mass is 16.2. The van der Waals surface area contributed by atoms with E-state index in [4.69, 9.17) is 5.73 Å². The topological polar surface area (TPSA) is 46.3 Å². The van der Waals surface area contributed by atoms with E-state index in [0.29, 0.717) is 5.92 Å². The van der Waals surface area contributed by atoms with Crippen molar-refractivity contribution in [1.82, 2.24) is 4.90 Å². The highest BCUT2D eigenvalue weighted by molar-refractivity contribution is 5.81. The van der Waals surface area contributed by atoms with Gasteiger partial charge in [-0.25, -0.2) is 0 Å². The van der Waals surface area contributed by atoms with Crippen LogP contribution in [0.3, 0.4) is 0 Å². The summed E-state index contributed by atoms with van der Waals surface area (Å²) in [5, 5.41) is 0. The van der Waals surface area contributed by atoms with Crippen LogP contribution in [0, 0.1) is 5.92 Å². The average molecular weight is 170 g/mol. The Bertz CT molecular complexity index is 162. The molecule has 1 saturated carbocycles. The van der Waals surface area contributed by atoms with Gasteiger partial charge in [0.05, 0.1) is 6.04 Å². The van der Waals surface area contributed by atoms with Crippen molar-refractivity contribution in [2.45, 2.75) is 31.7 Å². The molecule has 1 rings (SSSR count). The van der Waals surface area contributed by atoms with E-state index in [1.807, 2.05) is 0 Å². The predicted octanol–water partition coefficient (Wildman–Crippen LogP) is 0.592. The number of carbonyl (C=O) groups excluding carboxylic acids is 1. The summed E-state index contributed by atoms with van der Waals surface area (Å²) >= 11 is 0. The molecule has 3 heteroatoms. The Morgan fingerprint density at radius 1 is 1.42 bits per heavy atom. The second kappa shape index (κ2) is 3.90. The van der Waals surface area contributed by atoms with E-state index in [-0.39, 0.29) is 11.9 Å². The van der Waals surface area contributed by atoms with E-state index in [1.165, 1.54) is 12.8 Å². The molecule has 3 nitrogen and oxygen atoms in total. The molecule has 2 N–H and O–H groups in total. The molecule has 0 bridgehead atoms. The van der Waals surface area contributed by atoms with Gasteiger partial charge in [-0.05, 0) is 18.8 Å². The Hall–Kier alpha value is -0.570. The summed E-state index contributed by atoms with van der Waals surface area (Å²) in [6, 6.07) is -0.262. The van der Waals surface area contributed by atoms with E-state index in [9.17, 15) is 4.79 Å². The van der Waals surface area contributed by atoms with Crippen LogP contribution in [0.4, 0.5) is 0 Å². The van der Waals surface area contributed by atoms with Gasteiger partial charge in [0.15, 0.2) is 0 Å². The van der Waals surface area contributed by atoms with Crippen molar-refractivity contribution in [3.05, 3.63) is 0 Å². The number of rotatable bonds is 2. The standard InChI is InChI=1S/C9H18N2O/c1-11(2)9(12)8(10)7-5-3-4-6-7/h7-8H,3-6,10H2,1-2H3. The second-order valence-electron chi connectivity index (χ2n) is 3.80. The predicted molar refractivity (Wildman–Crippen MR) is 48.6 cm³/mol. The van der Waals surface area contributed by atoms with Crippen molar-refractivity contribution in [2.24, 2.45) is 11.7 Å². The summed E-state index contributed by atoms with van der Waals surface area (Å²) in [5.74, 6) is 0.502. The molecule has 0 saturated heterocycles. The summed E-state index contributed by atoms with van der Waals surface area (Å²) < 4.78 is 0. The van der Waals surface area contributed by atoms with Gasteiger partial charge < -0.3 is 10.6 Å². The van der Waals surface area contributed by atoms with Crippen molar-refractivity contribution in [2.75, 3.05) is 14.1 Å². The van der Waals surface area contributed by atoms with Gasteiger partial charge in [-0.2, -0.15) is 0 Å². The smallest absolute Gasteiger partial charge is 0.239 e. The molecular formula is C9H18N2O. The Balaban J connectivity index is 2.45. The minimum atomic E-state index is -0.262. The molecule has 70 valence electrons. The van der Waals surface area contributed by atoms with Crippen LogP contribution >= 0.6 is 0 Å². The zero-order chi connectivity index (χ0) is 9.14. The van der Waals surface area contributed by atoms with Crippen molar-refractivity contribution in [3.63, 3.8) is 0 Å². The summed E-state index contributed by atoms with van der Waals surface area (Å²) in [4.78, 5) is 13.0. The van der Waals surface area contributed by atoms with E-state index < -0.39 is 0 Å². The Labute approximate surface area is 73.9 Å². The molecule has 0 spiro atoms. The van der Waals surface area contributed by atoms with Gasteiger partial charge >= 0.3 is 0 Å². The molecule has 0 aromatic heterocycles. The zero-order valence-corrected chi connectivity index (χ0v) is 7.92.